The Kier molecular flexibility index (Phi) is 4.01. The molecule has 1 N–H and O–H groups in total. The lowest BCUT2D eigenvalue weighted by Gasteiger charge is -2.11. The monoisotopic (exact) mass is 347 g/mol. The highest BCUT2D eigenvalue weighted by atomic mass is 79.9. The Morgan fingerprint density at radius 2 is 1.79 bits per heavy atom. The average molecular weight is 349 g/mol. The lowest BCUT2D eigenvalue weighted by molar-refractivity contribution is 0.581. The van der Waals surface area contributed by atoms with Crippen molar-refractivity contribution in [2.75, 3.05) is 5.32 Å². The van der Waals surface area contributed by atoms with Gasteiger partial charge in [-0.15, -0.1) is 10.2 Å². The van der Waals surface area contributed by atoms with Crippen molar-refractivity contribution in [1.29, 1.82) is 0 Å². The molecular weight excluding hydrogens is 340 g/mol. The Bertz CT molecular complexity index is 649. The van der Waals surface area contributed by atoms with Crippen molar-refractivity contribution >= 4 is 39.0 Å². The highest BCUT2D eigenvalue weighted by molar-refractivity contribution is 9.10. The summed E-state index contributed by atoms with van der Waals surface area (Å²) in [5, 5.41) is 10.7. The van der Waals surface area contributed by atoms with Crippen LogP contribution >= 0.6 is 27.5 Å². The third kappa shape index (κ3) is 2.84. The first-order valence-electron chi connectivity index (χ1n) is 5.31. The Hall–Kier alpha value is -1.27. The van der Waals surface area contributed by atoms with Crippen molar-refractivity contribution in [3.8, 4) is 0 Å². The highest BCUT2D eigenvalue weighted by Gasteiger charge is 2.12. The van der Waals surface area contributed by atoms with Gasteiger partial charge >= 0.3 is 0 Å². The van der Waals surface area contributed by atoms with Crippen LogP contribution in [0.4, 0.5) is 20.3 Å². The summed E-state index contributed by atoms with van der Waals surface area (Å²) >= 11 is 8.83. The summed E-state index contributed by atoms with van der Waals surface area (Å²) in [4.78, 5) is 0. The first kappa shape index (κ1) is 14.1. The van der Waals surface area contributed by atoms with E-state index in [-0.39, 0.29) is 10.2 Å². The van der Waals surface area contributed by atoms with Gasteiger partial charge in [-0.1, -0.05) is 11.6 Å². The molecule has 3 nitrogen and oxygen atoms in total. The van der Waals surface area contributed by atoms with E-state index in [1.165, 1.54) is 6.07 Å². The van der Waals surface area contributed by atoms with Crippen LogP contribution in [0.2, 0.25) is 5.15 Å². The van der Waals surface area contributed by atoms with Gasteiger partial charge in [-0.2, -0.15) is 0 Å². The number of halogens is 4. The standard InChI is InChI=1S/C12H9BrClF2N3/c1-5-6(2)12(19-18-11(5)14)17-10-3-7(13)8(15)4-9(10)16/h3-4H,1-2H3,(H,17,19). The molecule has 2 aromatic rings. The Morgan fingerprint density at radius 1 is 1.11 bits per heavy atom. The summed E-state index contributed by atoms with van der Waals surface area (Å²) in [5.41, 5.74) is 1.60. The molecular formula is C12H9BrClF2N3. The third-order valence-electron chi connectivity index (χ3n) is 2.73. The quantitative estimate of drug-likeness (QED) is 0.810. The van der Waals surface area contributed by atoms with Crippen LogP contribution < -0.4 is 5.32 Å². The van der Waals surface area contributed by atoms with Crippen molar-refractivity contribution in [3.63, 3.8) is 0 Å². The van der Waals surface area contributed by atoms with E-state index in [9.17, 15) is 8.78 Å². The maximum atomic E-state index is 13.6. The van der Waals surface area contributed by atoms with E-state index in [0.29, 0.717) is 11.0 Å². The number of hydrogen-bond acceptors (Lipinski definition) is 3. The fraction of sp³-hybridized carbons (Fsp3) is 0.167. The van der Waals surface area contributed by atoms with E-state index in [1.807, 2.05) is 0 Å². The smallest absolute Gasteiger partial charge is 0.156 e. The molecule has 0 aliphatic carbocycles. The molecule has 1 aromatic carbocycles. The molecule has 0 fully saturated rings. The fourth-order valence-corrected chi connectivity index (χ4v) is 1.96. The van der Waals surface area contributed by atoms with Crippen molar-refractivity contribution in [3.05, 3.63) is 44.5 Å². The molecule has 0 saturated carbocycles. The summed E-state index contributed by atoms with van der Waals surface area (Å²) in [5.74, 6) is -1.01. The van der Waals surface area contributed by atoms with Crippen LogP contribution in [0.25, 0.3) is 0 Å². The topological polar surface area (TPSA) is 37.8 Å². The zero-order valence-electron chi connectivity index (χ0n) is 10.1. The molecule has 1 aromatic heterocycles. The Labute approximate surface area is 122 Å². The van der Waals surface area contributed by atoms with Crippen LogP contribution in [-0.2, 0) is 0 Å². The molecule has 19 heavy (non-hydrogen) atoms. The lowest BCUT2D eigenvalue weighted by atomic mass is 10.2. The van der Waals surface area contributed by atoms with Crippen LogP contribution in [0, 0.1) is 25.5 Å². The lowest BCUT2D eigenvalue weighted by Crippen LogP contribution is -2.03. The predicted octanol–water partition coefficient (Wildman–Crippen LogP) is 4.53. The van der Waals surface area contributed by atoms with Gasteiger partial charge in [-0.25, -0.2) is 8.78 Å². The van der Waals surface area contributed by atoms with Crippen molar-refractivity contribution in [2.24, 2.45) is 0 Å². The van der Waals surface area contributed by atoms with Crippen LogP contribution in [0.15, 0.2) is 16.6 Å². The van der Waals surface area contributed by atoms with Crippen molar-refractivity contribution < 1.29 is 8.78 Å². The molecule has 0 spiro atoms. The van der Waals surface area contributed by atoms with Gasteiger partial charge in [0.15, 0.2) is 11.0 Å². The van der Waals surface area contributed by atoms with E-state index in [4.69, 9.17) is 11.6 Å². The second kappa shape index (κ2) is 5.38. The molecule has 0 unspecified atom stereocenters. The first-order valence-corrected chi connectivity index (χ1v) is 6.48. The van der Waals surface area contributed by atoms with E-state index in [2.05, 4.69) is 31.4 Å². The van der Waals surface area contributed by atoms with E-state index < -0.39 is 11.6 Å². The molecule has 0 aliphatic rings. The number of rotatable bonds is 2. The van der Waals surface area contributed by atoms with Crippen molar-refractivity contribution in [1.82, 2.24) is 10.2 Å². The van der Waals surface area contributed by atoms with Crippen molar-refractivity contribution in [2.45, 2.75) is 13.8 Å². The van der Waals surface area contributed by atoms with Gasteiger partial charge in [-0.05, 0) is 47.0 Å². The van der Waals surface area contributed by atoms with Gasteiger partial charge in [0.2, 0.25) is 0 Å². The third-order valence-corrected chi connectivity index (χ3v) is 3.69. The second-order valence-electron chi connectivity index (χ2n) is 3.96. The summed E-state index contributed by atoms with van der Waals surface area (Å²) in [6, 6.07) is 2.09. The minimum Gasteiger partial charge on any atom is -0.336 e. The zero-order chi connectivity index (χ0) is 14.2. The first-order chi connectivity index (χ1) is 8.90. The number of benzene rings is 1. The minimum atomic E-state index is -0.713. The fourth-order valence-electron chi connectivity index (χ4n) is 1.44. The maximum absolute atomic E-state index is 13.6. The molecule has 1 heterocycles. The molecule has 0 radical (unpaired) electrons. The largest absolute Gasteiger partial charge is 0.336 e. The highest BCUT2D eigenvalue weighted by Crippen LogP contribution is 2.28. The van der Waals surface area contributed by atoms with Gasteiger partial charge in [0.1, 0.15) is 11.6 Å². The zero-order valence-corrected chi connectivity index (χ0v) is 12.4. The Balaban J connectivity index is 2.42. The van der Waals surface area contributed by atoms with Gasteiger partial charge in [0.25, 0.3) is 0 Å². The van der Waals surface area contributed by atoms with E-state index in [1.54, 1.807) is 13.8 Å². The van der Waals surface area contributed by atoms with Gasteiger partial charge in [0, 0.05) is 6.07 Å². The summed E-state index contributed by atoms with van der Waals surface area (Å²) in [6.45, 7) is 3.57. The second-order valence-corrected chi connectivity index (χ2v) is 5.17. The van der Waals surface area contributed by atoms with Crippen LogP contribution in [0.1, 0.15) is 11.1 Å². The molecule has 0 saturated heterocycles. The number of hydrogen-bond donors (Lipinski definition) is 1. The van der Waals surface area contributed by atoms with E-state index in [0.717, 1.165) is 17.2 Å². The number of nitrogens with one attached hydrogen (secondary N) is 1. The number of aromatic nitrogens is 2. The molecule has 7 heteroatoms. The average Bonchev–Trinajstić information content (AvgIpc) is 2.36. The number of nitrogens with zero attached hydrogens (tertiary/aromatic N) is 2. The van der Waals surface area contributed by atoms with Crippen LogP contribution in [0.3, 0.4) is 0 Å². The molecule has 100 valence electrons. The summed E-state index contributed by atoms with van der Waals surface area (Å²) < 4.78 is 26.9. The normalized spacial score (nSPS) is 10.6. The van der Waals surface area contributed by atoms with Gasteiger partial charge < -0.3 is 5.32 Å². The molecule has 0 amide bonds. The van der Waals surface area contributed by atoms with Gasteiger partial charge in [0.05, 0.1) is 10.2 Å². The van der Waals surface area contributed by atoms with Crippen LogP contribution in [-0.4, -0.2) is 10.2 Å². The maximum Gasteiger partial charge on any atom is 0.156 e. The molecule has 2 rings (SSSR count). The van der Waals surface area contributed by atoms with Gasteiger partial charge in [-0.3, -0.25) is 0 Å². The molecule has 0 atom stereocenters. The summed E-state index contributed by atoms with van der Waals surface area (Å²) in [6.07, 6.45) is 0. The SMILES string of the molecule is Cc1c(Cl)nnc(Nc2cc(Br)c(F)cc2F)c1C. The predicted molar refractivity (Wildman–Crippen MR) is 73.9 cm³/mol. The Morgan fingerprint density at radius 3 is 2.47 bits per heavy atom. The van der Waals surface area contributed by atoms with E-state index >= 15 is 0 Å². The molecule has 0 bridgehead atoms. The minimum absolute atomic E-state index is 0.104. The summed E-state index contributed by atoms with van der Waals surface area (Å²) in [7, 11) is 0. The molecule has 0 aliphatic heterocycles. The van der Waals surface area contributed by atoms with Crippen LogP contribution in [0.5, 0.6) is 0 Å². The number of anilines is 2.